The van der Waals surface area contributed by atoms with E-state index in [1.165, 1.54) is 19.0 Å². The Kier molecular flexibility index (Phi) is 6.96. The Hall–Kier alpha value is 0.350. The molecule has 0 aliphatic carbocycles. The Morgan fingerprint density at radius 3 is 1.95 bits per heavy atom. The van der Waals surface area contributed by atoms with E-state index in [1.54, 1.807) is 0 Å². The Morgan fingerprint density at radius 2 is 1.55 bits per heavy atom. The van der Waals surface area contributed by atoms with Crippen molar-refractivity contribution in [2.24, 2.45) is 0 Å². The minimum atomic E-state index is -0.917. The summed E-state index contributed by atoms with van der Waals surface area (Å²) in [5.41, 5.74) is 1.26. The van der Waals surface area contributed by atoms with Crippen LogP contribution in [0.2, 0.25) is 0 Å². The quantitative estimate of drug-likeness (QED) is 0.714. The lowest BCUT2D eigenvalue weighted by molar-refractivity contribution is -0.270. The van der Waals surface area contributed by atoms with Gasteiger partial charge in [-0.2, -0.15) is 0 Å². The van der Waals surface area contributed by atoms with Crippen LogP contribution in [-0.4, -0.2) is 34.0 Å². The predicted octanol–water partition coefficient (Wildman–Crippen LogP) is 5.12. The van der Waals surface area contributed by atoms with Crippen LogP contribution >= 0.6 is 7.92 Å². The fourth-order valence-corrected chi connectivity index (χ4v) is 7.36. The molecule has 0 amide bonds. The van der Waals surface area contributed by atoms with Gasteiger partial charge in [0.25, 0.3) is 0 Å². The van der Waals surface area contributed by atoms with Crippen LogP contribution in [0, 0.1) is 0 Å². The molecule has 1 aliphatic rings. The van der Waals surface area contributed by atoms with Gasteiger partial charge in [0, 0.05) is 6.42 Å². The smallest absolute Gasteiger partial charge is 0.166 e. The highest BCUT2D eigenvalue weighted by molar-refractivity contribution is 7.59. The van der Waals surface area contributed by atoms with Gasteiger partial charge in [-0.05, 0) is 56.5 Å². The number of hydrogen-bond donors (Lipinski definition) is 1. The maximum atomic E-state index is 10.9. The van der Waals surface area contributed by atoms with E-state index in [4.69, 9.17) is 4.74 Å². The highest BCUT2D eigenvalue weighted by Crippen LogP contribution is 2.56. The predicted molar refractivity (Wildman–Crippen MR) is 89.9 cm³/mol. The number of aliphatic hydroxyl groups is 1. The molecular formula is C17H35O2P. The third-order valence-electron chi connectivity index (χ3n) is 5.20. The summed E-state index contributed by atoms with van der Waals surface area (Å²) in [6.07, 6.45) is 7.32. The average Bonchev–Trinajstić information content (AvgIpc) is 2.44. The van der Waals surface area contributed by atoms with E-state index in [0.29, 0.717) is 12.1 Å². The van der Waals surface area contributed by atoms with Crippen LogP contribution in [0.4, 0.5) is 0 Å². The average molecular weight is 302 g/mol. The van der Waals surface area contributed by atoms with E-state index in [-0.39, 0.29) is 13.5 Å². The molecule has 0 saturated carbocycles. The molecule has 1 rings (SSSR count). The maximum Gasteiger partial charge on any atom is 0.166 e. The minimum absolute atomic E-state index is 0.00858. The number of ether oxygens (including phenoxy) is 1. The first-order valence-corrected chi connectivity index (χ1v) is 10.2. The van der Waals surface area contributed by atoms with Crippen LogP contribution in [-0.2, 0) is 4.74 Å². The Morgan fingerprint density at radius 1 is 1.00 bits per heavy atom. The van der Waals surface area contributed by atoms with Crippen molar-refractivity contribution >= 4 is 7.92 Å². The lowest BCUT2D eigenvalue weighted by Crippen LogP contribution is -2.48. The lowest BCUT2D eigenvalue weighted by atomic mass is 9.93. The molecule has 5 atom stereocenters. The number of hydrogen-bond acceptors (Lipinski definition) is 2. The first-order valence-electron chi connectivity index (χ1n) is 8.55. The second kappa shape index (κ2) is 7.56. The standard InChI is InChI=1S/C17H35O2P/c1-7-14-12-16(6,9-3)19-17(18,10-4)13-15(8-2)20(14)11-5/h14-15,18H,7-13H2,1-6H3. The van der Waals surface area contributed by atoms with E-state index >= 15 is 0 Å². The fourth-order valence-electron chi connectivity index (χ4n) is 3.65. The van der Waals surface area contributed by atoms with Crippen LogP contribution in [0.3, 0.4) is 0 Å². The number of rotatable bonds is 5. The van der Waals surface area contributed by atoms with Gasteiger partial charge in [0.05, 0.1) is 5.60 Å². The lowest BCUT2D eigenvalue weighted by Gasteiger charge is -2.48. The molecule has 120 valence electrons. The summed E-state index contributed by atoms with van der Waals surface area (Å²) in [5, 5.41) is 10.9. The molecule has 0 aromatic rings. The Bertz CT molecular complexity index is 271. The van der Waals surface area contributed by atoms with Crippen LogP contribution in [0.5, 0.6) is 0 Å². The molecule has 0 aromatic heterocycles. The third kappa shape index (κ3) is 4.18. The topological polar surface area (TPSA) is 29.5 Å². The Labute approximate surface area is 127 Å². The van der Waals surface area contributed by atoms with Gasteiger partial charge >= 0.3 is 0 Å². The first kappa shape index (κ1) is 18.4. The summed E-state index contributed by atoms with van der Waals surface area (Å²) in [6, 6.07) is 0. The van der Waals surface area contributed by atoms with E-state index in [2.05, 4.69) is 41.5 Å². The van der Waals surface area contributed by atoms with Crippen molar-refractivity contribution in [3.63, 3.8) is 0 Å². The maximum absolute atomic E-state index is 10.9. The van der Waals surface area contributed by atoms with E-state index in [9.17, 15) is 5.11 Å². The van der Waals surface area contributed by atoms with Gasteiger partial charge in [0.2, 0.25) is 0 Å². The molecule has 20 heavy (non-hydrogen) atoms. The van der Waals surface area contributed by atoms with Crippen LogP contribution in [0.1, 0.15) is 80.1 Å². The molecule has 2 nitrogen and oxygen atoms in total. The van der Waals surface area contributed by atoms with Crippen molar-refractivity contribution in [1.82, 2.24) is 0 Å². The summed E-state index contributed by atoms with van der Waals surface area (Å²) in [5.74, 6) is -0.917. The van der Waals surface area contributed by atoms with Crippen LogP contribution in [0.25, 0.3) is 0 Å². The van der Waals surface area contributed by atoms with Crippen molar-refractivity contribution in [3.05, 3.63) is 0 Å². The highest BCUT2D eigenvalue weighted by atomic mass is 31.1. The summed E-state index contributed by atoms with van der Waals surface area (Å²) in [6.45, 7) is 13.4. The summed E-state index contributed by atoms with van der Waals surface area (Å²) < 4.78 is 6.29. The van der Waals surface area contributed by atoms with Gasteiger partial charge in [-0.15, -0.1) is 7.92 Å². The van der Waals surface area contributed by atoms with Crippen molar-refractivity contribution < 1.29 is 9.84 Å². The Balaban J connectivity index is 3.11. The van der Waals surface area contributed by atoms with E-state index in [0.717, 1.165) is 24.9 Å². The molecular weight excluding hydrogens is 267 g/mol. The molecule has 5 unspecified atom stereocenters. The molecule has 3 heteroatoms. The zero-order chi connectivity index (χ0) is 15.4. The molecule has 1 saturated heterocycles. The summed E-state index contributed by atoms with van der Waals surface area (Å²) in [4.78, 5) is 0. The minimum Gasteiger partial charge on any atom is -0.365 e. The molecule has 0 bridgehead atoms. The zero-order valence-corrected chi connectivity index (χ0v) is 15.3. The molecule has 1 aliphatic heterocycles. The first-order chi connectivity index (χ1) is 9.36. The molecule has 1 heterocycles. The monoisotopic (exact) mass is 302 g/mol. The zero-order valence-electron chi connectivity index (χ0n) is 14.4. The second-order valence-corrected chi connectivity index (χ2v) is 9.69. The van der Waals surface area contributed by atoms with Gasteiger partial charge in [-0.25, -0.2) is 0 Å². The van der Waals surface area contributed by atoms with Gasteiger partial charge in [0.1, 0.15) is 0 Å². The van der Waals surface area contributed by atoms with Crippen molar-refractivity contribution in [1.29, 1.82) is 0 Å². The van der Waals surface area contributed by atoms with Gasteiger partial charge in [-0.3, -0.25) is 0 Å². The molecule has 1 fully saturated rings. The molecule has 0 aromatic carbocycles. The summed E-state index contributed by atoms with van der Waals surface area (Å²) in [7, 11) is -0.00858. The van der Waals surface area contributed by atoms with Gasteiger partial charge in [0.15, 0.2) is 5.79 Å². The summed E-state index contributed by atoms with van der Waals surface area (Å²) >= 11 is 0. The van der Waals surface area contributed by atoms with Crippen molar-refractivity contribution in [3.8, 4) is 0 Å². The highest BCUT2D eigenvalue weighted by Gasteiger charge is 2.44. The van der Waals surface area contributed by atoms with Crippen LogP contribution < -0.4 is 0 Å². The molecule has 1 N–H and O–H groups in total. The normalized spacial score (nSPS) is 43.0. The van der Waals surface area contributed by atoms with Gasteiger partial charge in [-0.1, -0.05) is 34.6 Å². The van der Waals surface area contributed by atoms with Crippen molar-refractivity contribution in [2.45, 2.75) is 103 Å². The third-order valence-corrected chi connectivity index (χ3v) is 8.91. The van der Waals surface area contributed by atoms with Crippen LogP contribution in [0.15, 0.2) is 0 Å². The second-order valence-electron chi connectivity index (χ2n) is 6.57. The largest absolute Gasteiger partial charge is 0.365 e. The fraction of sp³-hybridized carbons (Fsp3) is 1.00. The molecule has 0 spiro atoms. The van der Waals surface area contributed by atoms with E-state index in [1.807, 2.05) is 0 Å². The van der Waals surface area contributed by atoms with E-state index < -0.39 is 5.79 Å². The van der Waals surface area contributed by atoms with Gasteiger partial charge < -0.3 is 9.84 Å². The SMILES string of the molecule is CCC1CC(C)(CC)OC(O)(CC)CC(CC)P1CC. The molecule has 0 radical (unpaired) electrons. The van der Waals surface area contributed by atoms with Crippen molar-refractivity contribution in [2.75, 3.05) is 6.16 Å².